The lowest BCUT2D eigenvalue weighted by Gasteiger charge is -2.43. The van der Waals surface area contributed by atoms with Crippen molar-refractivity contribution in [3.63, 3.8) is 0 Å². The Morgan fingerprint density at radius 3 is 2.75 bits per heavy atom. The topological polar surface area (TPSA) is 42.2 Å². The zero-order chi connectivity index (χ0) is 14.6. The van der Waals surface area contributed by atoms with Crippen LogP contribution in [-0.2, 0) is 6.42 Å². The Morgan fingerprint density at radius 2 is 2.05 bits per heavy atom. The third-order valence-corrected chi connectivity index (χ3v) is 4.88. The summed E-state index contributed by atoms with van der Waals surface area (Å²) in [6.07, 6.45) is 8.70. The van der Waals surface area contributed by atoms with Crippen molar-refractivity contribution in [2.24, 2.45) is 17.1 Å². The molecule has 2 rings (SSSR count). The summed E-state index contributed by atoms with van der Waals surface area (Å²) in [7, 11) is 2.22. The van der Waals surface area contributed by atoms with Crippen molar-refractivity contribution < 1.29 is 0 Å². The molecule has 0 spiro atoms. The molecule has 1 aromatic rings. The van der Waals surface area contributed by atoms with Gasteiger partial charge in [-0.1, -0.05) is 20.3 Å². The molecule has 0 bridgehead atoms. The van der Waals surface area contributed by atoms with Crippen LogP contribution < -0.4 is 5.73 Å². The van der Waals surface area contributed by atoms with Gasteiger partial charge in [-0.2, -0.15) is 0 Å². The van der Waals surface area contributed by atoms with Crippen LogP contribution in [0, 0.1) is 11.3 Å². The molecule has 0 aliphatic heterocycles. The maximum atomic E-state index is 6.48. The molecule has 20 heavy (non-hydrogen) atoms. The van der Waals surface area contributed by atoms with Crippen LogP contribution in [0.5, 0.6) is 0 Å². The van der Waals surface area contributed by atoms with Crippen LogP contribution >= 0.6 is 0 Å². The van der Waals surface area contributed by atoms with Crippen LogP contribution in [-0.4, -0.2) is 36.1 Å². The molecule has 0 amide bonds. The Morgan fingerprint density at radius 1 is 1.35 bits per heavy atom. The Kier molecular flexibility index (Phi) is 5.17. The van der Waals surface area contributed by atoms with Crippen LogP contribution in [0.15, 0.2) is 24.5 Å². The highest BCUT2D eigenvalue weighted by atomic mass is 15.1. The summed E-state index contributed by atoms with van der Waals surface area (Å²) in [4.78, 5) is 6.50. The Balaban J connectivity index is 1.80. The lowest BCUT2D eigenvalue weighted by Crippen LogP contribution is -2.49. The highest BCUT2D eigenvalue weighted by Gasteiger charge is 2.36. The first-order chi connectivity index (χ1) is 9.49. The number of hydrogen-bond acceptors (Lipinski definition) is 3. The van der Waals surface area contributed by atoms with Gasteiger partial charge in [0.15, 0.2) is 0 Å². The number of likely N-dealkylation sites (N-methyl/N-ethyl adjacent to an activating group) is 1. The van der Waals surface area contributed by atoms with Gasteiger partial charge >= 0.3 is 0 Å². The largest absolute Gasteiger partial charge is 0.327 e. The minimum atomic E-state index is 0.300. The fourth-order valence-electron chi connectivity index (χ4n) is 3.37. The molecule has 1 saturated carbocycles. The van der Waals surface area contributed by atoms with Crippen LogP contribution in [0.4, 0.5) is 0 Å². The Labute approximate surface area is 123 Å². The average molecular weight is 275 g/mol. The van der Waals surface area contributed by atoms with Crippen molar-refractivity contribution in [3.8, 4) is 0 Å². The predicted octanol–water partition coefficient (Wildman–Crippen LogP) is 2.71. The molecule has 0 aromatic carbocycles. The van der Waals surface area contributed by atoms with E-state index in [4.69, 9.17) is 5.73 Å². The van der Waals surface area contributed by atoms with Gasteiger partial charge in [0.2, 0.25) is 0 Å². The van der Waals surface area contributed by atoms with E-state index in [1.54, 1.807) is 0 Å². The third-order valence-electron chi connectivity index (χ3n) is 4.88. The second-order valence-corrected chi connectivity index (χ2v) is 7.03. The van der Waals surface area contributed by atoms with Crippen molar-refractivity contribution in [3.05, 3.63) is 30.1 Å². The number of rotatable bonds is 5. The number of aromatic nitrogens is 1. The highest BCUT2D eigenvalue weighted by molar-refractivity contribution is 5.09. The third kappa shape index (κ3) is 4.03. The lowest BCUT2D eigenvalue weighted by molar-refractivity contribution is 0.111. The van der Waals surface area contributed by atoms with Gasteiger partial charge < -0.3 is 10.6 Å². The zero-order valence-corrected chi connectivity index (χ0v) is 13.2. The molecule has 1 aliphatic carbocycles. The second kappa shape index (κ2) is 6.68. The summed E-state index contributed by atoms with van der Waals surface area (Å²) in [6.45, 7) is 6.85. The average Bonchev–Trinajstić information content (AvgIpc) is 2.43. The van der Waals surface area contributed by atoms with Gasteiger partial charge in [0.1, 0.15) is 0 Å². The van der Waals surface area contributed by atoms with Crippen molar-refractivity contribution in [2.75, 3.05) is 20.1 Å². The molecule has 2 N–H and O–H groups in total. The fourth-order valence-corrected chi connectivity index (χ4v) is 3.37. The second-order valence-electron chi connectivity index (χ2n) is 7.03. The molecule has 1 heterocycles. The SMILES string of the molecule is CN(CCc1ccncc1)CC1CCCC(C)(C)C1N. The number of nitrogens with zero attached hydrogens (tertiary/aromatic N) is 2. The van der Waals surface area contributed by atoms with E-state index in [0.717, 1.165) is 19.5 Å². The maximum absolute atomic E-state index is 6.48. The monoisotopic (exact) mass is 275 g/mol. The molecular weight excluding hydrogens is 246 g/mol. The van der Waals surface area contributed by atoms with Crippen LogP contribution in [0.3, 0.4) is 0 Å². The number of hydrogen-bond donors (Lipinski definition) is 1. The molecule has 0 radical (unpaired) electrons. The standard InChI is InChI=1S/C17H29N3/c1-17(2)9-4-5-15(16(17)18)13-20(3)12-8-14-6-10-19-11-7-14/h6-7,10-11,15-16H,4-5,8-9,12-13,18H2,1-3H3. The first kappa shape index (κ1) is 15.5. The van der Waals surface area contributed by atoms with Gasteiger partial charge in [0.05, 0.1) is 0 Å². The zero-order valence-electron chi connectivity index (χ0n) is 13.2. The van der Waals surface area contributed by atoms with Crippen LogP contribution in [0.1, 0.15) is 38.7 Å². The van der Waals surface area contributed by atoms with E-state index in [1.807, 2.05) is 12.4 Å². The maximum Gasteiger partial charge on any atom is 0.0270 e. The van der Waals surface area contributed by atoms with Gasteiger partial charge in [0.25, 0.3) is 0 Å². The summed E-state index contributed by atoms with van der Waals surface area (Å²) in [5.41, 5.74) is 8.14. The van der Waals surface area contributed by atoms with Gasteiger partial charge in [-0.3, -0.25) is 4.98 Å². The molecule has 3 heteroatoms. The minimum Gasteiger partial charge on any atom is -0.327 e. The summed E-state index contributed by atoms with van der Waals surface area (Å²) in [6, 6.07) is 4.53. The van der Waals surface area contributed by atoms with E-state index in [2.05, 4.69) is 42.9 Å². The lowest BCUT2D eigenvalue weighted by atomic mass is 9.68. The molecule has 3 nitrogen and oxygen atoms in total. The van der Waals surface area contributed by atoms with E-state index in [1.165, 1.54) is 24.8 Å². The quantitative estimate of drug-likeness (QED) is 0.898. The van der Waals surface area contributed by atoms with Gasteiger partial charge in [0, 0.05) is 31.5 Å². The van der Waals surface area contributed by atoms with Gasteiger partial charge in [-0.15, -0.1) is 0 Å². The molecule has 2 unspecified atom stereocenters. The van der Waals surface area contributed by atoms with Crippen molar-refractivity contribution in [1.29, 1.82) is 0 Å². The van der Waals surface area contributed by atoms with Crippen molar-refractivity contribution in [1.82, 2.24) is 9.88 Å². The van der Waals surface area contributed by atoms with Crippen LogP contribution in [0.25, 0.3) is 0 Å². The van der Waals surface area contributed by atoms with Crippen molar-refractivity contribution in [2.45, 2.75) is 45.6 Å². The van der Waals surface area contributed by atoms with E-state index in [9.17, 15) is 0 Å². The molecule has 1 aromatic heterocycles. The smallest absolute Gasteiger partial charge is 0.0270 e. The van der Waals surface area contributed by atoms with E-state index in [-0.39, 0.29) is 0 Å². The number of pyridine rings is 1. The molecule has 1 aliphatic rings. The summed E-state index contributed by atoms with van der Waals surface area (Å²) in [5, 5.41) is 0. The van der Waals surface area contributed by atoms with E-state index < -0.39 is 0 Å². The van der Waals surface area contributed by atoms with Gasteiger partial charge in [-0.25, -0.2) is 0 Å². The Hall–Kier alpha value is -0.930. The van der Waals surface area contributed by atoms with Crippen molar-refractivity contribution >= 4 is 0 Å². The van der Waals surface area contributed by atoms with Crippen LogP contribution in [0.2, 0.25) is 0 Å². The molecule has 1 fully saturated rings. The first-order valence-electron chi connectivity index (χ1n) is 7.82. The predicted molar refractivity (Wildman–Crippen MR) is 84.5 cm³/mol. The summed E-state index contributed by atoms with van der Waals surface area (Å²) >= 11 is 0. The molecule has 0 saturated heterocycles. The van der Waals surface area contributed by atoms with E-state index in [0.29, 0.717) is 17.4 Å². The van der Waals surface area contributed by atoms with Gasteiger partial charge in [-0.05, 0) is 55.3 Å². The van der Waals surface area contributed by atoms with E-state index >= 15 is 0 Å². The number of nitrogens with two attached hydrogens (primary N) is 1. The summed E-state index contributed by atoms with van der Waals surface area (Å²) in [5.74, 6) is 0.640. The minimum absolute atomic E-state index is 0.300. The normalized spacial score (nSPS) is 25.9. The summed E-state index contributed by atoms with van der Waals surface area (Å²) < 4.78 is 0. The first-order valence-corrected chi connectivity index (χ1v) is 7.82. The molecule has 112 valence electrons. The highest BCUT2D eigenvalue weighted by Crippen LogP contribution is 2.37. The molecule has 2 atom stereocenters. The Bertz CT molecular complexity index is 402. The fraction of sp³-hybridized carbons (Fsp3) is 0.706. The molecular formula is C17H29N3.